The van der Waals surface area contributed by atoms with Crippen LogP contribution >= 0.6 is 23.2 Å². The Hall–Kier alpha value is -3.22. The van der Waals surface area contributed by atoms with Crippen molar-refractivity contribution < 1.29 is 14.3 Å². The first-order chi connectivity index (χ1) is 16.5. The van der Waals surface area contributed by atoms with Crippen molar-refractivity contribution in [3.05, 3.63) is 88.2 Å². The van der Waals surface area contributed by atoms with Gasteiger partial charge < -0.3 is 19.4 Å². The van der Waals surface area contributed by atoms with Gasteiger partial charge in [0.1, 0.15) is 17.3 Å². The molecule has 0 aliphatic carbocycles. The fourth-order valence-electron chi connectivity index (χ4n) is 3.54. The number of para-hydroxylation sites is 2. The van der Waals surface area contributed by atoms with Crippen molar-refractivity contribution in [2.45, 2.75) is 26.4 Å². The number of carbonyl (C=O) groups is 1. The molecule has 3 aromatic carbocycles. The van der Waals surface area contributed by atoms with Gasteiger partial charge in [-0.05, 0) is 73.5 Å². The summed E-state index contributed by atoms with van der Waals surface area (Å²) < 4.78 is 13.5. The Morgan fingerprint density at radius 3 is 2.56 bits per heavy atom. The standard InChI is InChI=1S/C26H25Cl2N3O3/c1-18-15-21(11-12-22(18)28)33-14-4-13-31-24-6-3-2-5-23(24)30-25(31)16-29-26(32)17-34-20-9-7-19(27)8-10-20/h2-3,5-12,15H,4,13-14,16-17H2,1H3,(H,29,32). The Balaban J connectivity index is 1.34. The summed E-state index contributed by atoms with van der Waals surface area (Å²) in [4.78, 5) is 17.0. The number of hydrogen-bond acceptors (Lipinski definition) is 4. The normalized spacial score (nSPS) is 10.9. The van der Waals surface area contributed by atoms with Crippen molar-refractivity contribution in [2.75, 3.05) is 13.2 Å². The number of halogens is 2. The molecule has 0 aliphatic heterocycles. The summed E-state index contributed by atoms with van der Waals surface area (Å²) in [5.41, 5.74) is 2.89. The number of aromatic nitrogens is 2. The van der Waals surface area contributed by atoms with Crippen molar-refractivity contribution in [2.24, 2.45) is 0 Å². The zero-order chi connectivity index (χ0) is 23.9. The molecule has 4 rings (SSSR count). The zero-order valence-corrected chi connectivity index (χ0v) is 20.3. The van der Waals surface area contributed by atoms with E-state index in [4.69, 9.17) is 37.7 Å². The SMILES string of the molecule is Cc1cc(OCCCn2c(CNC(=O)COc3ccc(Cl)cc3)nc3ccccc32)ccc1Cl. The minimum Gasteiger partial charge on any atom is -0.494 e. The minimum absolute atomic E-state index is 0.0871. The molecule has 0 aliphatic rings. The third-order valence-corrected chi connectivity index (χ3v) is 5.96. The Morgan fingerprint density at radius 2 is 1.76 bits per heavy atom. The number of imidazole rings is 1. The van der Waals surface area contributed by atoms with Gasteiger partial charge in [-0.3, -0.25) is 4.79 Å². The maximum atomic E-state index is 12.3. The number of rotatable bonds is 10. The van der Waals surface area contributed by atoms with Crippen molar-refractivity contribution in [3.8, 4) is 11.5 Å². The third-order valence-electron chi connectivity index (χ3n) is 5.29. The monoisotopic (exact) mass is 497 g/mol. The maximum absolute atomic E-state index is 12.3. The highest BCUT2D eigenvalue weighted by atomic mass is 35.5. The van der Waals surface area contributed by atoms with E-state index in [1.807, 2.05) is 49.4 Å². The van der Waals surface area contributed by atoms with Crippen LogP contribution in [0.15, 0.2) is 66.7 Å². The fraction of sp³-hybridized carbons (Fsp3) is 0.231. The maximum Gasteiger partial charge on any atom is 0.258 e. The molecule has 4 aromatic rings. The van der Waals surface area contributed by atoms with E-state index in [1.165, 1.54) is 0 Å². The fourth-order valence-corrected chi connectivity index (χ4v) is 3.78. The summed E-state index contributed by atoms with van der Waals surface area (Å²) in [6, 6.07) is 20.5. The first-order valence-corrected chi connectivity index (χ1v) is 11.7. The van der Waals surface area contributed by atoms with Gasteiger partial charge >= 0.3 is 0 Å². The van der Waals surface area contributed by atoms with E-state index in [0.717, 1.165) is 39.6 Å². The predicted molar refractivity (Wildman–Crippen MR) is 135 cm³/mol. The number of hydrogen-bond donors (Lipinski definition) is 1. The van der Waals surface area contributed by atoms with Crippen LogP contribution in [0.25, 0.3) is 11.0 Å². The van der Waals surface area contributed by atoms with Crippen LogP contribution in [0, 0.1) is 6.92 Å². The lowest BCUT2D eigenvalue weighted by atomic mass is 10.2. The van der Waals surface area contributed by atoms with Crippen molar-refractivity contribution in [3.63, 3.8) is 0 Å². The first-order valence-electron chi connectivity index (χ1n) is 11.0. The van der Waals surface area contributed by atoms with E-state index in [9.17, 15) is 4.79 Å². The third kappa shape index (κ3) is 6.22. The Labute approximate surface area is 208 Å². The van der Waals surface area contributed by atoms with Crippen LogP contribution in [-0.2, 0) is 17.9 Å². The van der Waals surface area contributed by atoms with E-state index in [2.05, 4.69) is 9.88 Å². The highest BCUT2D eigenvalue weighted by Gasteiger charge is 2.12. The van der Waals surface area contributed by atoms with Crippen LogP contribution in [0.2, 0.25) is 10.0 Å². The molecule has 0 saturated carbocycles. The van der Waals surface area contributed by atoms with E-state index < -0.39 is 0 Å². The van der Waals surface area contributed by atoms with Crippen molar-refractivity contribution >= 4 is 40.1 Å². The number of nitrogens with zero attached hydrogens (tertiary/aromatic N) is 2. The van der Waals surface area contributed by atoms with E-state index in [1.54, 1.807) is 24.3 Å². The summed E-state index contributed by atoms with van der Waals surface area (Å²) in [7, 11) is 0. The largest absolute Gasteiger partial charge is 0.494 e. The molecular weight excluding hydrogens is 473 g/mol. The molecule has 0 radical (unpaired) electrons. The lowest BCUT2D eigenvalue weighted by Crippen LogP contribution is -2.29. The molecule has 6 nitrogen and oxygen atoms in total. The van der Waals surface area contributed by atoms with Gasteiger partial charge in [0.25, 0.3) is 5.91 Å². The second kappa shape index (κ2) is 11.3. The predicted octanol–water partition coefficient (Wildman–Crippen LogP) is 5.82. The van der Waals surface area contributed by atoms with Crippen molar-refractivity contribution in [1.82, 2.24) is 14.9 Å². The molecule has 1 amide bonds. The van der Waals surface area contributed by atoms with E-state index >= 15 is 0 Å². The van der Waals surface area contributed by atoms with Crippen LogP contribution in [0.5, 0.6) is 11.5 Å². The lowest BCUT2D eigenvalue weighted by Gasteiger charge is -2.12. The second-order valence-corrected chi connectivity index (χ2v) is 8.64. The molecule has 34 heavy (non-hydrogen) atoms. The molecular formula is C26H25Cl2N3O3. The lowest BCUT2D eigenvalue weighted by molar-refractivity contribution is -0.123. The average molecular weight is 498 g/mol. The molecule has 0 unspecified atom stereocenters. The van der Waals surface area contributed by atoms with Gasteiger partial charge in [-0.15, -0.1) is 0 Å². The van der Waals surface area contributed by atoms with Crippen LogP contribution in [-0.4, -0.2) is 28.7 Å². The molecule has 1 N–H and O–H groups in total. The smallest absolute Gasteiger partial charge is 0.258 e. The van der Waals surface area contributed by atoms with Gasteiger partial charge in [0.05, 0.1) is 24.2 Å². The molecule has 0 atom stereocenters. The summed E-state index contributed by atoms with van der Waals surface area (Å²) in [6.07, 6.45) is 0.780. The second-order valence-electron chi connectivity index (χ2n) is 7.80. The van der Waals surface area contributed by atoms with Crippen LogP contribution < -0.4 is 14.8 Å². The van der Waals surface area contributed by atoms with Crippen molar-refractivity contribution in [1.29, 1.82) is 0 Å². The molecule has 0 bridgehead atoms. The molecule has 0 saturated heterocycles. The number of aryl methyl sites for hydroxylation is 2. The number of amides is 1. The quantitative estimate of drug-likeness (QED) is 0.280. The summed E-state index contributed by atoms with van der Waals surface area (Å²) in [5.74, 6) is 1.94. The van der Waals surface area contributed by atoms with Crippen LogP contribution in [0.3, 0.4) is 0 Å². The number of benzene rings is 3. The Morgan fingerprint density at radius 1 is 1.00 bits per heavy atom. The zero-order valence-electron chi connectivity index (χ0n) is 18.8. The van der Waals surface area contributed by atoms with Gasteiger partial charge in [0.2, 0.25) is 0 Å². The molecule has 1 heterocycles. The molecule has 0 spiro atoms. The summed E-state index contributed by atoms with van der Waals surface area (Å²) in [5, 5.41) is 4.23. The number of fused-ring (bicyclic) bond motifs is 1. The summed E-state index contributed by atoms with van der Waals surface area (Å²) >= 11 is 12.0. The number of ether oxygens (including phenoxy) is 2. The van der Waals surface area contributed by atoms with Gasteiger partial charge in [-0.1, -0.05) is 35.3 Å². The Kier molecular flexibility index (Phi) is 7.93. The van der Waals surface area contributed by atoms with E-state index in [-0.39, 0.29) is 12.5 Å². The van der Waals surface area contributed by atoms with Crippen LogP contribution in [0.1, 0.15) is 17.8 Å². The average Bonchev–Trinajstić information content (AvgIpc) is 3.19. The van der Waals surface area contributed by atoms with Gasteiger partial charge in [0.15, 0.2) is 6.61 Å². The molecule has 8 heteroatoms. The Bertz CT molecular complexity index is 1270. The topological polar surface area (TPSA) is 65.4 Å². The number of carbonyl (C=O) groups excluding carboxylic acids is 1. The van der Waals surface area contributed by atoms with Gasteiger partial charge in [-0.2, -0.15) is 0 Å². The highest BCUT2D eigenvalue weighted by molar-refractivity contribution is 6.31. The van der Waals surface area contributed by atoms with Crippen LogP contribution in [0.4, 0.5) is 0 Å². The first kappa shape index (κ1) is 23.9. The highest BCUT2D eigenvalue weighted by Crippen LogP contribution is 2.22. The molecule has 176 valence electrons. The molecule has 0 fully saturated rings. The number of nitrogens with one attached hydrogen (secondary N) is 1. The minimum atomic E-state index is -0.227. The van der Waals surface area contributed by atoms with Gasteiger partial charge in [-0.25, -0.2) is 4.98 Å². The van der Waals surface area contributed by atoms with E-state index in [0.29, 0.717) is 30.5 Å². The molecule has 1 aromatic heterocycles. The summed E-state index contributed by atoms with van der Waals surface area (Å²) in [6.45, 7) is 3.42. The van der Waals surface area contributed by atoms with Gasteiger partial charge in [0, 0.05) is 16.6 Å².